The van der Waals surface area contributed by atoms with Crippen molar-refractivity contribution in [3.63, 3.8) is 0 Å². The molecule has 2 heterocycles. The lowest BCUT2D eigenvalue weighted by atomic mass is 9.96. The Morgan fingerprint density at radius 1 is 1.28 bits per heavy atom. The Bertz CT molecular complexity index is 1500. The van der Waals surface area contributed by atoms with Gasteiger partial charge in [-0.1, -0.05) is 49.7 Å². The fraction of sp³-hybridized carbons (Fsp3) is 0.333. The molecule has 0 aliphatic heterocycles. The molecule has 184 valence electrons. The maximum absolute atomic E-state index is 9.79. The average Bonchev–Trinajstić information content (AvgIpc) is 3.58. The minimum atomic E-state index is -1.44. The molecule has 4 aromatic rings. The highest BCUT2D eigenvalue weighted by Gasteiger charge is 2.27. The van der Waals surface area contributed by atoms with Gasteiger partial charge in [0.2, 0.25) is 0 Å². The van der Waals surface area contributed by atoms with Crippen LogP contribution < -0.4 is 10.6 Å². The maximum Gasteiger partial charge on any atom is 0.109 e. The minimum absolute atomic E-state index is 0.00765. The number of rotatable bonds is 7. The molecule has 1 fully saturated rings. The summed E-state index contributed by atoms with van der Waals surface area (Å²) < 4.78 is 12.2. The molecule has 0 spiro atoms. The van der Waals surface area contributed by atoms with E-state index in [9.17, 15) is 6.63 Å². The molecule has 9 heteroatoms. The highest BCUT2D eigenvalue weighted by molar-refractivity contribution is 9.10. The molecule has 0 radical (unpaired) electrons. The zero-order valence-corrected chi connectivity index (χ0v) is 22.7. The van der Waals surface area contributed by atoms with E-state index in [1.54, 1.807) is 18.3 Å². The molecule has 0 unspecified atom stereocenters. The van der Waals surface area contributed by atoms with E-state index in [-0.39, 0.29) is 5.41 Å². The molecule has 7 nitrogen and oxygen atoms in total. The van der Waals surface area contributed by atoms with Gasteiger partial charge in [0.05, 0.1) is 36.4 Å². The molecule has 36 heavy (non-hydrogen) atoms. The van der Waals surface area contributed by atoms with Gasteiger partial charge >= 0.3 is 0 Å². The predicted octanol–water partition coefficient (Wildman–Crippen LogP) is 7.11. The van der Waals surface area contributed by atoms with Gasteiger partial charge in [-0.3, -0.25) is 4.98 Å². The zero-order valence-electron chi connectivity index (χ0n) is 21.3. The van der Waals surface area contributed by atoms with Gasteiger partial charge in [0.15, 0.2) is 0 Å². The Kier molecular flexibility index (Phi) is 6.28. The molecule has 5 rings (SSSR count). The van der Waals surface area contributed by atoms with Gasteiger partial charge < -0.3 is 10.6 Å². The van der Waals surface area contributed by atoms with Crippen molar-refractivity contribution in [3.8, 4) is 6.07 Å². The smallest absolute Gasteiger partial charge is 0.109 e. The summed E-state index contributed by atoms with van der Waals surface area (Å²) in [5.74, 6) is 0. The normalized spacial score (nSPS) is 15.7. The standard InChI is InChI=1S/C27H27BrClN7/c1-27(2,3)15-32-24-17(12-30)13-31-26-21(24)10-19(11-22(26)28)33-25(16-4-6-18(29)7-5-16)23-14-36(35-34-23)20-8-9-20/h4-7,10-11,13-14,20,25,33H,8-9,15H2,1-3H3,(H,31,32)/t25-/m0/s1/i25D. The summed E-state index contributed by atoms with van der Waals surface area (Å²) in [5, 5.41) is 26.7. The van der Waals surface area contributed by atoms with Gasteiger partial charge in [-0.25, -0.2) is 4.68 Å². The number of nitrogens with one attached hydrogen (secondary N) is 2. The molecule has 0 amide bonds. The van der Waals surface area contributed by atoms with Crippen molar-refractivity contribution in [1.29, 1.82) is 5.26 Å². The number of pyridine rings is 1. The molecule has 2 aromatic heterocycles. The van der Waals surface area contributed by atoms with Crippen LogP contribution in [0.25, 0.3) is 10.9 Å². The minimum Gasteiger partial charge on any atom is -0.383 e. The van der Waals surface area contributed by atoms with E-state index in [0.29, 0.717) is 45.8 Å². The van der Waals surface area contributed by atoms with Crippen molar-refractivity contribution in [3.05, 3.63) is 75.1 Å². The van der Waals surface area contributed by atoms with E-state index >= 15 is 0 Å². The summed E-state index contributed by atoms with van der Waals surface area (Å²) in [6, 6.07) is 12.1. The van der Waals surface area contributed by atoms with Crippen LogP contribution in [0, 0.1) is 16.7 Å². The van der Waals surface area contributed by atoms with E-state index in [4.69, 9.17) is 11.6 Å². The van der Waals surface area contributed by atoms with Crippen LogP contribution in [0.4, 0.5) is 11.4 Å². The highest BCUT2D eigenvalue weighted by Crippen LogP contribution is 2.37. The first-order chi connectivity index (χ1) is 17.6. The lowest BCUT2D eigenvalue weighted by Crippen LogP contribution is -2.20. The van der Waals surface area contributed by atoms with E-state index in [1.165, 1.54) is 0 Å². The second kappa shape index (κ2) is 9.72. The summed E-state index contributed by atoms with van der Waals surface area (Å²) in [4.78, 5) is 4.53. The first-order valence-corrected chi connectivity index (χ1v) is 13.0. The van der Waals surface area contributed by atoms with Crippen molar-refractivity contribution in [2.24, 2.45) is 5.41 Å². The number of anilines is 2. The highest BCUT2D eigenvalue weighted by atomic mass is 79.9. The SMILES string of the molecule is [2H][C@](Nc1cc(Br)c2ncc(C#N)c(NCC(C)(C)C)c2c1)(c1ccc(Cl)cc1)c1cn(C2CC2)nn1. The zero-order chi connectivity index (χ0) is 26.4. The Balaban J connectivity index is 1.62. The number of hydrogen-bond acceptors (Lipinski definition) is 6. The fourth-order valence-corrected chi connectivity index (χ4v) is 4.60. The van der Waals surface area contributed by atoms with Gasteiger partial charge in [-0.2, -0.15) is 5.26 Å². The summed E-state index contributed by atoms with van der Waals surface area (Å²) >= 11 is 9.81. The number of aromatic nitrogens is 4. The van der Waals surface area contributed by atoms with Crippen molar-refractivity contribution in [2.75, 3.05) is 17.2 Å². The third-order valence-electron chi connectivity index (χ3n) is 5.93. The van der Waals surface area contributed by atoms with Crippen LogP contribution in [0.1, 0.15) is 63.9 Å². The summed E-state index contributed by atoms with van der Waals surface area (Å²) in [7, 11) is 0. The Labute approximate surface area is 225 Å². The van der Waals surface area contributed by atoms with Gasteiger partial charge in [0.1, 0.15) is 11.8 Å². The summed E-state index contributed by atoms with van der Waals surface area (Å²) in [6.07, 6.45) is 5.56. The lowest BCUT2D eigenvalue weighted by molar-refractivity contribution is 0.443. The molecule has 0 bridgehead atoms. The van der Waals surface area contributed by atoms with Crippen molar-refractivity contribution in [2.45, 2.75) is 45.7 Å². The van der Waals surface area contributed by atoms with Crippen LogP contribution in [0.15, 0.2) is 53.3 Å². The van der Waals surface area contributed by atoms with Crippen LogP contribution in [0.5, 0.6) is 0 Å². The Morgan fingerprint density at radius 3 is 2.69 bits per heavy atom. The summed E-state index contributed by atoms with van der Waals surface area (Å²) in [5.41, 5.74) is 3.73. The Hall–Kier alpha value is -3.15. The van der Waals surface area contributed by atoms with Crippen LogP contribution in [0.2, 0.25) is 5.02 Å². The van der Waals surface area contributed by atoms with Crippen LogP contribution in [-0.4, -0.2) is 26.5 Å². The van der Waals surface area contributed by atoms with Gasteiger partial charge in [0.25, 0.3) is 0 Å². The van der Waals surface area contributed by atoms with Gasteiger partial charge in [-0.05, 0) is 64.0 Å². The third-order valence-corrected chi connectivity index (χ3v) is 6.79. The van der Waals surface area contributed by atoms with Gasteiger partial charge in [0, 0.05) is 33.3 Å². The summed E-state index contributed by atoms with van der Waals surface area (Å²) in [6.45, 7) is 7.07. The molecule has 1 aliphatic rings. The van der Waals surface area contributed by atoms with Crippen molar-refractivity contribution >= 4 is 49.8 Å². The molecular formula is C27H27BrClN7. The number of nitrogens with zero attached hydrogens (tertiary/aromatic N) is 5. The molecular weight excluding hydrogens is 538 g/mol. The monoisotopic (exact) mass is 564 g/mol. The lowest BCUT2D eigenvalue weighted by Gasteiger charge is -2.22. The first kappa shape index (κ1) is 23.3. The van der Waals surface area contributed by atoms with Crippen LogP contribution >= 0.6 is 27.5 Å². The van der Waals surface area contributed by atoms with Crippen molar-refractivity contribution in [1.82, 2.24) is 20.0 Å². The average molecular weight is 566 g/mol. The molecule has 1 aliphatic carbocycles. The van der Waals surface area contributed by atoms with Crippen LogP contribution in [-0.2, 0) is 0 Å². The number of halogens is 2. The number of nitriles is 1. The number of benzene rings is 2. The largest absolute Gasteiger partial charge is 0.383 e. The second-order valence-electron chi connectivity index (χ2n) is 10.2. The predicted molar refractivity (Wildman–Crippen MR) is 147 cm³/mol. The molecule has 1 saturated carbocycles. The first-order valence-electron chi connectivity index (χ1n) is 12.3. The van der Waals surface area contributed by atoms with E-state index < -0.39 is 6.02 Å². The topological polar surface area (TPSA) is 91.5 Å². The number of hydrogen-bond donors (Lipinski definition) is 2. The van der Waals surface area contributed by atoms with Gasteiger partial charge in [-0.15, -0.1) is 5.10 Å². The maximum atomic E-state index is 9.79. The number of fused-ring (bicyclic) bond motifs is 1. The quantitative estimate of drug-likeness (QED) is 0.248. The van der Waals surface area contributed by atoms with E-state index in [0.717, 1.165) is 28.2 Å². The third kappa shape index (κ3) is 5.32. The second-order valence-corrected chi connectivity index (χ2v) is 11.5. The molecule has 2 N–H and O–H groups in total. The molecule has 1 atom stereocenters. The van der Waals surface area contributed by atoms with Crippen molar-refractivity contribution < 1.29 is 1.37 Å². The van der Waals surface area contributed by atoms with E-state index in [2.05, 4.69) is 68.7 Å². The molecule has 2 aromatic carbocycles. The fourth-order valence-electron chi connectivity index (χ4n) is 3.91. The van der Waals surface area contributed by atoms with E-state index in [1.807, 2.05) is 35.1 Å². The Morgan fingerprint density at radius 2 is 2.03 bits per heavy atom. The molecule has 0 saturated heterocycles. The van der Waals surface area contributed by atoms with Crippen LogP contribution in [0.3, 0.4) is 0 Å².